The maximum Gasteiger partial charge on any atom is 0.203 e. The lowest BCUT2D eigenvalue weighted by atomic mass is 9.87. The van der Waals surface area contributed by atoms with Gasteiger partial charge in [-0.1, -0.05) is 6.07 Å². The molecule has 7 heteroatoms. The average molecular weight is 318 g/mol. The summed E-state index contributed by atoms with van der Waals surface area (Å²) in [5.41, 5.74) is 0.147. The van der Waals surface area contributed by atoms with E-state index in [4.69, 9.17) is 9.47 Å². The number of hydrogen-bond acceptors (Lipinski definition) is 7. The van der Waals surface area contributed by atoms with Crippen molar-refractivity contribution in [3.8, 4) is 34.5 Å². The van der Waals surface area contributed by atoms with E-state index in [0.717, 1.165) is 6.07 Å². The number of ketones is 1. The van der Waals surface area contributed by atoms with Crippen molar-refractivity contribution < 1.29 is 34.7 Å². The van der Waals surface area contributed by atoms with Crippen LogP contribution >= 0.6 is 0 Å². The molecule has 4 N–H and O–H groups in total. The zero-order chi connectivity index (χ0) is 16.7. The summed E-state index contributed by atoms with van der Waals surface area (Å²) in [4.78, 5) is 12.7. The fourth-order valence-corrected chi connectivity index (χ4v) is 2.66. The number of carbonyl (C=O) groups is 1. The molecule has 7 nitrogen and oxygen atoms in total. The molecule has 2 aromatic carbocycles. The summed E-state index contributed by atoms with van der Waals surface area (Å²) in [5.74, 6) is -2.66. The van der Waals surface area contributed by atoms with E-state index in [1.165, 1.54) is 25.3 Å². The lowest BCUT2D eigenvalue weighted by Crippen LogP contribution is -2.26. The van der Waals surface area contributed by atoms with E-state index in [1.54, 1.807) is 0 Å². The van der Waals surface area contributed by atoms with Crippen LogP contribution in [0.4, 0.5) is 0 Å². The average Bonchev–Trinajstić information content (AvgIpc) is 2.48. The minimum Gasteiger partial charge on any atom is -0.508 e. The molecule has 0 spiro atoms. The lowest BCUT2D eigenvalue weighted by Gasteiger charge is -2.26. The normalized spacial score (nSPS) is 16.6. The number of rotatable bonds is 2. The van der Waals surface area contributed by atoms with Crippen LogP contribution in [0.25, 0.3) is 0 Å². The molecule has 1 atom stereocenters. The quantitative estimate of drug-likeness (QED) is 0.668. The number of fused-ring (bicyclic) bond motifs is 1. The number of aromatic hydroxyl groups is 4. The molecule has 2 aromatic rings. The van der Waals surface area contributed by atoms with Crippen molar-refractivity contribution in [1.29, 1.82) is 0 Å². The molecule has 120 valence electrons. The molecular formula is C16H14O7. The van der Waals surface area contributed by atoms with Crippen LogP contribution in [0, 0.1) is 0 Å². The van der Waals surface area contributed by atoms with Crippen LogP contribution in [-0.4, -0.2) is 39.9 Å². The molecule has 0 radical (unpaired) electrons. The van der Waals surface area contributed by atoms with Crippen molar-refractivity contribution in [1.82, 2.24) is 0 Å². The van der Waals surface area contributed by atoms with E-state index in [1.807, 2.05) is 0 Å². The highest BCUT2D eigenvalue weighted by Gasteiger charge is 2.35. The summed E-state index contributed by atoms with van der Waals surface area (Å²) in [6.45, 7) is -0.0871. The highest BCUT2D eigenvalue weighted by molar-refractivity contribution is 6.07. The number of hydrogen-bond donors (Lipinski definition) is 4. The molecule has 1 heterocycles. The number of ether oxygens (including phenoxy) is 2. The van der Waals surface area contributed by atoms with Crippen LogP contribution < -0.4 is 9.47 Å². The topological polar surface area (TPSA) is 116 Å². The first-order valence-corrected chi connectivity index (χ1v) is 6.75. The van der Waals surface area contributed by atoms with Gasteiger partial charge in [-0.05, 0) is 6.07 Å². The summed E-state index contributed by atoms with van der Waals surface area (Å²) < 4.78 is 10.3. The third-order valence-electron chi connectivity index (χ3n) is 3.76. The van der Waals surface area contributed by atoms with E-state index in [0.29, 0.717) is 0 Å². The van der Waals surface area contributed by atoms with Gasteiger partial charge in [-0.2, -0.15) is 0 Å². The molecular weight excluding hydrogens is 304 g/mol. The summed E-state index contributed by atoms with van der Waals surface area (Å²) >= 11 is 0. The van der Waals surface area contributed by atoms with Crippen molar-refractivity contribution in [3.63, 3.8) is 0 Å². The fourth-order valence-electron chi connectivity index (χ4n) is 2.66. The van der Waals surface area contributed by atoms with Crippen molar-refractivity contribution >= 4 is 5.78 Å². The van der Waals surface area contributed by atoms with E-state index < -0.39 is 17.5 Å². The minimum absolute atomic E-state index is 0.0644. The van der Waals surface area contributed by atoms with Gasteiger partial charge < -0.3 is 29.9 Å². The zero-order valence-corrected chi connectivity index (χ0v) is 12.1. The summed E-state index contributed by atoms with van der Waals surface area (Å²) in [7, 11) is 1.28. The standard InChI is InChI=1S/C16H14O7/c1-22-16-10(18)3-2-8(15(16)21)9-6-23-12-5-7(17)4-11(19)13(12)14(9)20/h2-5,9,17-19,21H,6H2,1H3. The van der Waals surface area contributed by atoms with Gasteiger partial charge in [-0.25, -0.2) is 0 Å². The second-order valence-electron chi connectivity index (χ2n) is 5.12. The minimum atomic E-state index is -0.882. The van der Waals surface area contributed by atoms with Crippen LogP contribution in [-0.2, 0) is 0 Å². The number of methoxy groups -OCH3 is 1. The maximum atomic E-state index is 12.7. The molecule has 3 rings (SSSR count). The molecule has 0 amide bonds. The Bertz CT molecular complexity index is 798. The Balaban J connectivity index is 2.09. The number of Topliss-reactive ketones (excluding diaryl/α,β-unsaturated/α-hetero) is 1. The molecule has 0 fully saturated rings. The van der Waals surface area contributed by atoms with Crippen molar-refractivity contribution in [3.05, 3.63) is 35.4 Å². The van der Waals surface area contributed by atoms with Gasteiger partial charge in [0.15, 0.2) is 17.3 Å². The van der Waals surface area contributed by atoms with Gasteiger partial charge in [0.2, 0.25) is 5.75 Å². The molecule has 23 heavy (non-hydrogen) atoms. The smallest absolute Gasteiger partial charge is 0.203 e. The SMILES string of the molecule is COc1c(O)ccc(C2COc3cc(O)cc(O)c3C2=O)c1O. The predicted octanol–water partition coefficient (Wildman–Crippen LogP) is 1.88. The van der Waals surface area contributed by atoms with Gasteiger partial charge >= 0.3 is 0 Å². The molecule has 0 bridgehead atoms. The summed E-state index contributed by atoms with van der Waals surface area (Å²) in [6, 6.07) is 4.97. The third kappa shape index (κ3) is 2.26. The van der Waals surface area contributed by atoms with E-state index in [2.05, 4.69) is 0 Å². The number of carbonyl (C=O) groups excluding carboxylic acids is 1. The van der Waals surface area contributed by atoms with E-state index in [-0.39, 0.29) is 46.5 Å². The van der Waals surface area contributed by atoms with Crippen LogP contribution in [0.1, 0.15) is 21.8 Å². The van der Waals surface area contributed by atoms with Crippen molar-refractivity contribution in [2.24, 2.45) is 0 Å². The third-order valence-corrected chi connectivity index (χ3v) is 3.76. The highest BCUT2D eigenvalue weighted by atomic mass is 16.5. The Labute approximate surface area is 131 Å². The molecule has 1 aliphatic heterocycles. The van der Waals surface area contributed by atoms with Gasteiger partial charge in [-0.3, -0.25) is 4.79 Å². The van der Waals surface area contributed by atoms with Gasteiger partial charge in [-0.15, -0.1) is 0 Å². The first-order chi connectivity index (χ1) is 10.9. The monoisotopic (exact) mass is 318 g/mol. The Kier molecular flexibility index (Phi) is 3.40. The molecule has 0 aromatic heterocycles. The van der Waals surface area contributed by atoms with Crippen molar-refractivity contribution in [2.75, 3.05) is 13.7 Å². The fraction of sp³-hybridized carbons (Fsp3) is 0.188. The second-order valence-corrected chi connectivity index (χ2v) is 5.12. The molecule has 0 aliphatic carbocycles. The Morgan fingerprint density at radius 2 is 1.87 bits per heavy atom. The van der Waals surface area contributed by atoms with Crippen LogP contribution in [0.5, 0.6) is 34.5 Å². The Morgan fingerprint density at radius 1 is 1.13 bits per heavy atom. The summed E-state index contributed by atoms with van der Waals surface area (Å²) in [6.07, 6.45) is 0. The number of benzene rings is 2. The van der Waals surface area contributed by atoms with Crippen LogP contribution in [0.3, 0.4) is 0 Å². The first kappa shape index (κ1) is 14.8. The van der Waals surface area contributed by atoms with Gasteiger partial charge in [0.25, 0.3) is 0 Å². The van der Waals surface area contributed by atoms with Crippen LogP contribution in [0.2, 0.25) is 0 Å². The zero-order valence-electron chi connectivity index (χ0n) is 12.1. The van der Waals surface area contributed by atoms with E-state index in [9.17, 15) is 25.2 Å². The number of phenols is 4. The maximum absolute atomic E-state index is 12.7. The van der Waals surface area contributed by atoms with Gasteiger partial charge in [0, 0.05) is 17.7 Å². The molecule has 0 saturated heterocycles. The van der Waals surface area contributed by atoms with Crippen LogP contribution in [0.15, 0.2) is 24.3 Å². The Hall–Kier alpha value is -3.09. The number of phenolic OH excluding ortho intramolecular Hbond substituents is 4. The molecule has 1 aliphatic rings. The van der Waals surface area contributed by atoms with Gasteiger partial charge in [0.1, 0.15) is 29.4 Å². The second kappa shape index (κ2) is 5.28. The highest BCUT2D eigenvalue weighted by Crippen LogP contribution is 2.45. The molecule has 1 unspecified atom stereocenters. The first-order valence-electron chi connectivity index (χ1n) is 6.75. The predicted molar refractivity (Wildman–Crippen MR) is 78.7 cm³/mol. The van der Waals surface area contributed by atoms with E-state index >= 15 is 0 Å². The Morgan fingerprint density at radius 3 is 2.57 bits per heavy atom. The largest absolute Gasteiger partial charge is 0.508 e. The lowest BCUT2D eigenvalue weighted by molar-refractivity contribution is 0.0889. The summed E-state index contributed by atoms with van der Waals surface area (Å²) in [5, 5.41) is 39.2. The van der Waals surface area contributed by atoms with Gasteiger partial charge in [0.05, 0.1) is 13.0 Å². The molecule has 0 saturated carbocycles. The van der Waals surface area contributed by atoms with Crippen molar-refractivity contribution in [2.45, 2.75) is 5.92 Å².